The van der Waals surface area contributed by atoms with E-state index in [1.54, 1.807) is 11.0 Å². The highest BCUT2D eigenvalue weighted by Gasteiger charge is 2.23. The molecule has 1 aromatic carbocycles. The van der Waals surface area contributed by atoms with Crippen LogP contribution in [0.25, 0.3) is 21.9 Å². The van der Waals surface area contributed by atoms with E-state index in [1.807, 2.05) is 26.8 Å². The van der Waals surface area contributed by atoms with E-state index in [0.29, 0.717) is 42.7 Å². The number of likely N-dealkylation sites (tertiary alicyclic amines) is 1. The first-order chi connectivity index (χ1) is 12.8. The molecule has 3 heterocycles. The van der Waals surface area contributed by atoms with Crippen molar-refractivity contribution in [1.29, 1.82) is 0 Å². The van der Waals surface area contributed by atoms with Crippen LogP contribution < -0.4 is 5.63 Å². The number of carbonyl (C=O) groups is 2. The van der Waals surface area contributed by atoms with Gasteiger partial charge >= 0.3 is 5.63 Å². The van der Waals surface area contributed by atoms with E-state index in [9.17, 15) is 14.4 Å². The van der Waals surface area contributed by atoms with Crippen molar-refractivity contribution in [2.75, 3.05) is 13.1 Å². The lowest BCUT2D eigenvalue weighted by Crippen LogP contribution is -2.40. The number of ketones is 1. The van der Waals surface area contributed by atoms with Crippen LogP contribution in [0.3, 0.4) is 0 Å². The molecule has 4 rings (SSSR count). The highest BCUT2D eigenvalue weighted by Crippen LogP contribution is 2.31. The summed E-state index contributed by atoms with van der Waals surface area (Å²) in [6.45, 7) is 6.57. The maximum absolute atomic E-state index is 12.6. The number of benzene rings is 1. The molecule has 3 aromatic rings. The number of hydrogen-bond acceptors (Lipinski definition) is 5. The molecule has 1 saturated heterocycles. The fourth-order valence-electron chi connectivity index (χ4n) is 3.70. The van der Waals surface area contributed by atoms with E-state index in [2.05, 4.69) is 0 Å². The quantitative estimate of drug-likeness (QED) is 0.650. The molecule has 0 atom stereocenters. The van der Waals surface area contributed by atoms with Crippen LogP contribution in [0.1, 0.15) is 35.3 Å². The van der Waals surface area contributed by atoms with Crippen LogP contribution in [0.4, 0.5) is 0 Å². The van der Waals surface area contributed by atoms with Gasteiger partial charge in [0, 0.05) is 42.8 Å². The van der Waals surface area contributed by atoms with E-state index in [0.717, 1.165) is 27.7 Å². The summed E-state index contributed by atoms with van der Waals surface area (Å²) in [4.78, 5) is 38.1. The van der Waals surface area contributed by atoms with Crippen molar-refractivity contribution in [3.8, 4) is 0 Å². The second-order valence-electron chi connectivity index (χ2n) is 7.22. The van der Waals surface area contributed by atoms with Gasteiger partial charge in [-0.15, -0.1) is 0 Å². The number of fused-ring (bicyclic) bond motifs is 2. The molecule has 6 nitrogen and oxygen atoms in total. The van der Waals surface area contributed by atoms with Gasteiger partial charge in [0.1, 0.15) is 22.7 Å². The molecule has 0 spiro atoms. The second-order valence-corrected chi connectivity index (χ2v) is 7.22. The van der Waals surface area contributed by atoms with Gasteiger partial charge in [0.2, 0.25) is 5.91 Å². The number of nitrogens with zero attached hydrogens (tertiary/aromatic N) is 1. The first-order valence-corrected chi connectivity index (χ1v) is 9.10. The van der Waals surface area contributed by atoms with Crippen molar-refractivity contribution in [2.24, 2.45) is 0 Å². The molecule has 0 N–H and O–H groups in total. The first kappa shape index (κ1) is 17.5. The number of piperidine rings is 1. The third-order valence-corrected chi connectivity index (χ3v) is 5.58. The standard InChI is InChI=1S/C21H21NO5/c1-11-13(3)26-18-10-19-16(8-15(11)18)12(2)17(21(25)27-19)9-20(24)22-6-4-14(23)5-7-22/h8,10H,4-7,9H2,1-3H3. The van der Waals surface area contributed by atoms with Crippen LogP contribution in [0.15, 0.2) is 25.8 Å². The lowest BCUT2D eigenvalue weighted by atomic mass is 10.0. The summed E-state index contributed by atoms with van der Waals surface area (Å²) < 4.78 is 11.2. The van der Waals surface area contributed by atoms with Gasteiger partial charge in [-0.05, 0) is 38.0 Å². The molecule has 1 amide bonds. The largest absolute Gasteiger partial charge is 0.461 e. The normalized spacial score (nSPS) is 15.1. The van der Waals surface area contributed by atoms with Crippen LogP contribution in [0.2, 0.25) is 0 Å². The van der Waals surface area contributed by atoms with Crippen molar-refractivity contribution < 1.29 is 18.4 Å². The Morgan fingerprint density at radius 1 is 0.963 bits per heavy atom. The van der Waals surface area contributed by atoms with Gasteiger partial charge in [0.25, 0.3) is 0 Å². The maximum Gasteiger partial charge on any atom is 0.340 e. The predicted molar refractivity (Wildman–Crippen MR) is 101 cm³/mol. The summed E-state index contributed by atoms with van der Waals surface area (Å²) in [5, 5.41) is 1.78. The molecule has 0 saturated carbocycles. The summed E-state index contributed by atoms with van der Waals surface area (Å²) in [6.07, 6.45) is 0.752. The summed E-state index contributed by atoms with van der Waals surface area (Å²) in [6, 6.07) is 3.70. The van der Waals surface area contributed by atoms with Gasteiger partial charge in [0.15, 0.2) is 0 Å². The number of furan rings is 1. The third-order valence-electron chi connectivity index (χ3n) is 5.58. The molecular formula is C21H21NO5. The highest BCUT2D eigenvalue weighted by atomic mass is 16.4. The fourth-order valence-corrected chi connectivity index (χ4v) is 3.70. The fraction of sp³-hybridized carbons (Fsp3) is 0.381. The molecule has 1 aliphatic heterocycles. The molecule has 140 valence electrons. The minimum Gasteiger partial charge on any atom is -0.461 e. The Labute approximate surface area is 155 Å². The third kappa shape index (κ3) is 2.95. The molecule has 27 heavy (non-hydrogen) atoms. The SMILES string of the molecule is Cc1oc2cc3oc(=O)c(CC(=O)N4CCC(=O)CC4)c(C)c3cc2c1C. The predicted octanol–water partition coefficient (Wildman–Crippen LogP) is 3.20. The number of carbonyl (C=O) groups excluding carboxylic acids is 2. The van der Waals surface area contributed by atoms with E-state index < -0.39 is 5.63 Å². The monoisotopic (exact) mass is 367 g/mol. The zero-order valence-electron chi connectivity index (χ0n) is 15.7. The highest BCUT2D eigenvalue weighted by molar-refractivity contribution is 5.97. The van der Waals surface area contributed by atoms with Crippen LogP contribution in [-0.2, 0) is 16.0 Å². The molecule has 0 radical (unpaired) electrons. The summed E-state index contributed by atoms with van der Waals surface area (Å²) >= 11 is 0. The Balaban J connectivity index is 1.75. The summed E-state index contributed by atoms with van der Waals surface area (Å²) in [5.41, 5.74) is 2.82. The minimum atomic E-state index is -0.499. The Morgan fingerprint density at radius 2 is 1.59 bits per heavy atom. The van der Waals surface area contributed by atoms with Gasteiger partial charge in [-0.3, -0.25) is 9.59 Å². The second kappa shape index (κ2) is 6.37. The lowest BCUT2D eigenvalue weighted by Gasteiger charge is -2.26. The number of Topliss-reactive ketones (excluding diaryl/α,β-unsaturated/α-hetero) is 1. The minimum absolute atomic E-state index is 0.0142. The van der Waals surface area contributed by atoms with E-state index >= 15 is 0 Å². The Bertz CT molecular complexity index is 1140. The van der Waals surface area contributed by atoms with E-state index in [-0.39, 0.29) is 18.1 Å². The van der Waals surface area contributed by atoms with Gasteiger partial charge < -0.3 is 13.7 Å². The van der Waals surface area contributed by atoms with Crippen LogP contribution in [-0.4, -0.2) is 29.7 Å². The van der Waals surface area contributed by atoms with Crippen molar-refractivity contribution >= 4 is 33.6 Å². The van der Waals surface area contributed by atoms with E-state index in [1.165, 1.54) is 0 Å². The van der Waals surface area contributed by atoms with Gasteiger partial charge in [0.05, 0.1) is 12.0 Å². The molecule has 0 bridgehead atoms. The number of rotatable bonds is 2. The Hall–Kier alpha value is -2.89. The molecule has 1 aliphatic rings. The Kier molecular flexibility index (Phi) is 4.13. The number of amides is 1. The first-order valence-electron chi connectivity index (χ1n) is 9.10. The summed E-state index contributed by atoms with van der Waals surface area (Å²) in [5.74, 6) is 0.860. The van der Waals surface area contributed by atoms with Crippen molar-refractivity contribution in [1.82, 2.24) is 4.90 Å². The molecular weight excluding hydrogens is 346 g/mol. The van der Waals surface area contributed by atoms with Gasteiger partial charge in [-0.25, -0.2) is 4.79 Å². The Morgan fingerprint density at radius 3 is 2.30 bits per heavy atom. The van der Waals surface area contributed by atoms with Crippen molar-refractivity contribution in [3.63, 3.8) is 0 Å². The zero-order valence-corrected chi connectivity index (χ0v) is 15.7. The zero-order chi connectivity index (χ0) is 19.3. The lowest BCUT2D eigenvalue weighted by molar-refractivity contribution is -0.133. The van der Waals surface area contributed by atoms with Crippen LogP contribution in [0.5, 0.6) is 0 Å². The topological polar surface area (TPSA) is 80.7 Å². The molecule has 2 aromatic heterocycles. The average Bonchev–Trinajstić information content (AvgIpc) is 2.91. The summed E-state index contributed by atoms with van der Waals surface area (Å²) in [7, 11) is 0. The number of hydrogen-bond donors (Lipinski definition) is 0. The van der Waals surface area contributed by atoms with Gasteiger partial charge in [-0.1, -0.05) is 0 Å². The molecule has 0 unspecified atom stereocenters. The van der Waals surface area contributed by atoms with Crippen molar-refractivity contribution in [3.05, 3.63) is 45.0 Å². The molecule has 1 fully saturated rings. The number of aryl methyl sites for hydroxylation is 3. The molecule has 6 heteroatoms. The molecule has 0 aliphatic carbocycles. The van der Waals surface area contributed by atoms with Crippen LogP contribution in [0, 0.1) is 20.8 Å². The van der Waals surface area contributed by atoms with Crippen LogP contribution >= 0.6 is 0 Å². The average molecular weight is 367 g/mol. The maximum atomic E-state index is 12.6. The van der Waals surface area contributed by atoms with Gasteiger partial charge in [-0.2, -0.15) is 0 Å². The smallest absolute Gasteiger partial charge is 0.340 e. The van der Waals surface area contributed by atoms with Crippen molar-refractivity contribution in [2.45, 2.75) is 40.0 Å². The van der Waals surface area contributed by atoms with E-state index in [4.69, 9.17) is 8.83 Å².